The van der Waals surface area contributed by atoms with Crippen LogP contribution in [0.4, 0.5) is 4.39 Å². The standard InChI is InChI=1S/C17H17ClFN3O2/c18-12-9-20-17(21-10-12)24-15-6-4-14(5-7-15)22-16(23)11-2-1-3-13(19)8-11/h1-3,8-10,14-15H,4-7H2,(H,22,23). The van der Waals surface area contributed by atoms with Gasteiger partial charge in [0.05, 0.1) is 17.4 Å². The van der Waals surface area contributed by atoms with Crippen molar-refractivity contribution in [3.8, 4) is 6.01 Å². The fourth-order valence-electron chi connectivity index (χ4n) is 2.73. The molecular formula is C17H17ClFN3O2. The monoisotopic (exact) mass is 349 g/mol. The molecule has 1 heterocycles. The van der Waals surface area contributed by atoms with Gasteiger partial charge in [-0.1, -0.05) is 17.7 Å². The summed E-state index contributed by atoms with van der Waals surface area (Å²) in [5, 5.41) is 3.41. The van der Waals surface area contributed by atoms with E-state index in [0.29, 0.717) is 16.6 Å². The van der Waals surface area contributed by atoms with Crippen molar-refractivity contribution in [2.75, 3.05) is 0 Å². The van der Waals surface area contributed by atoms with Gasteiger partial charge in [0, 0.05) is 11.6 Å². The number of nitrogens with one attached hydrogen (secondary N) is 1. The van der Waals surface area contributed by atoms with Gasteiger partial charge in [-0.3, -0.25) is 4.79 Å². The molecule has 1 aliphatic carbocycles. The summed E-state index contributed by atoms with van der Waals surface area (Å²) in [5.74, 6) is -0.664. The van der Waals surface area contributed by atoms with Crippen LogP contribution in [0.25, 0.3) is 0 Å². The van der Waals surface area contributed by atoms with Crippen LogP contribution in [0, 0.1) is 5.82 Å². The lowest BCUT2D eigenvalue weighted by Gasteiger charge is -2.28. The molecule has 1 fully saturated rings. The van der Waals surface area contributed by atoms with Crippen molar-refractivity contribution < 1.29 is 13.9 Å². The van der Waals surface area contributed by atoms with Crippen LogP contribution in [-0.4, -0.2) is 28.0 Å². The fraction of sp³-hybridized carbons (Fsp3) is 0.353. The van der Waals surface area contributed by atoms with Gasteiger partial charge >= 0.3 is 6.01 Å². The summed E-state index contributed by atoms with van der Waals surface area (Å²) in [6.07, 6.45) is 6.18. The summed E-state index contributed by atoms with van der Waals surface area (Å²) in [6, 6.07) is 6.06. The number of hydrogen-bond donors (Lipinski definition) is 1. The van der Waals surface area contributed by atoms with Gasteiger partial charge in [-0.2, -0.15) is 0 Å². The van der Waals surface area contributed by atoms with E-state index in [-0.39, 0.29) is 18.1 Å². The molecule has 2 aromatic rings. The molecule has 7 heteroatoms. The number of rotatable bonds is 4. The minimum atomic E-state index is -0.414. The van der Waals surface area contributed by atoms with Crippen LogP contribution >= 0.6 is 11.6 Å². The molecule has 5 nitrogen and oxygen atoms in total. The van der Waals surface area contributed by atoms with Crippen molar-refractivity contribution in [2.45, 2.75) is 37.8 Å². The van der Waals surface area contributed by atoms with E-state index < -0.39 is 5.82 Å². The Morgan fingerprint density at radius 1 is 1.21 bits per heavy atom. The van der Waals surface area contributed by atoms with Gasteiger partial charge in [-0.25, -0.2) is 14.4 Å². The molecular weight excluding hydrogens is 333 g/mol. The molecule has 0 bridgehead atoms. The summed E-state index contributed by atoms with van der Waals surface area (Å²) < 4.78 is 18.9. The molecule has 24 heavy (non-hydrogen) atoms. The Hall–Kier alpha value is -2.21. The molecule has 1 aliphatic rings. The van der Waals surface area contributed by atoms with Crippen LogP contribution in [0.2, 0.25) is 5.02 Å². The Labute approximate surface area is 144 Å². The second-order valence-electron chi connectivity index (χ2n) is 5.76. The normalized spacial score (nSPS) is 20.4. The Bertz CT molecular complexity index is 703. The van der Waals surface area contributed by atoms with Gasteiger partial charge in [-0.15, -0.1) is 0 Å². The van der Waals surface area contributed by atoms with Crippen molar-refractivity contribution in [1.82, 2.24) is 15.3 Å². The van der Waals surface area contributed by atoms with Gasteiger partial charge in [0.2, 0.25) is 0 Å². The zero-order valence-electron chi connectivity index (χ0n) is 12.9. The van der Waals surface area contributed by atoms with Crippen LogP contribution in [0.3, 0.4) is 0 Å². The van der Waals surface area contributed by atoms with Crippen LogP contribution < -0.4 is 10.1 Å². The molecule has 0 radical (unpaired) electrons. The van der Waals surface area contributed by atoms with Crippen LogP contribution in [0.15, 0.2) is 36.7 Å². The van der Waals surface area contributed by atoms with E-state index in [1.807, 2.05) is 0 Å². The van der Waals surface area contributed by atoms with Crippen LogP contribution in [0.5, 0.6) is 6.01 Å². The lowest BCUT2D eigenvalue weighted by molar-refractivity contribution is 0.0884. The van der Waals surface area contributed by atoms with E-state index in [2.05, 4.69) is 15.3 Å². The molecule has 3 rings (SSSR count). The highest BCUT2D eigenvalue weighted by atomic mass is 35.5. The summed E-state index contributed by atoms with van der Waals surface area (Å²) in [7, 11) is 0. The molecule has 1 amide bonds. The van der Waals surface area contributed by atoms with E-state index in [1.165, 1.54) is 30.6 Å². The highest BCUT2D eigenvalue weighted by molar-refractivity contribution is 6.30. The van der Waals surface area contributed by atoms with Crippen molar-refractivity contribution >= 4 is 17.5 Å². The first kappa shape index (κ1) is 16.6. The number of benzene rings is 1. The quantitative estimate of drug-likeness (QED) is 0.919. The first-order chi connectivity index (χ1) is 11.6. The fourth-order valence-corrected chi connectivity index (χ4v) is 2.83. The van der Waals surface area contributed by atoms with Gasteiger partial charge in [0.25, 0.3) is 5.91 Å². The summed E-state index contributed by atoms with van der Waals surface area (Å²) in [4.78, 5) is 20.2. The number of ether oxygens (including phenoxy) is 1. The molecule has 0 unspecified atom stereocenters. The largest absolute Gasteiger partial charge is 0.460 e. The Morgan fingerprint density at radius 2 is 1.92 bits per heavy atom. The molecule has 1 aromatic carbocycles. The number of amides is 1. The first-order valence-electron chi connectivity index (χ1n) is 7.81. The Morgan fingerprint density at radius 3 is 2.58 bits per heavy atom. The number of carbonyl (C=O) groups excluding carboxylic acids is 1. The lowest BCUT2D eigenvalue weighted by Crippen LogP contribution is -2.39. The second-order valence-corrected chi connectivity index (χ2v) is 6.20. The van der Waals surface area contributed by atoms with Gasteiger partial charge in [0.15, 0.2) is 0 Å². The van der Waals surface area contributed by atoms with Crippen molar-refractivity contribution in [3.05, 3.63) is 53.1 Å². The summed E-state index contributed by atoms with van der Waals surface area (Å²) in [6.45, 7) is 0. The number of hydrogen-bond acceptors (Lipinski definition) is 4. The number of nitrogens with zero attached hydrogens (tertiary/aromatic N) is 2. The predicted molar refractivity (Wildman–Crippen MR) is 87.6 cm³/mol. The van der Waals surface area contributed by atoms with E-state index in [9.17, 15) is 9.18 Å². The summed E-state index contributed by atoms with van der Waals surface area (Å²) in [5.41, 5.74) is 0.336. The maximum absolute atomic E-state index is 13.2. The predicted octanol–water partition coefficient (Wildman–Crippen LogP) is 3.39. The average molecular weight is 350 g/mol. The third-order valence-corrected chi connectivity index (χ3v) is 4.16. The second kappa shape index (κ2) is 7.57. The maximum atomic E-state index is 13.2. The SMILES string of the molecule is O=C(NC1CCC(Oc2ncc(Cl)cn2)CC1)c1cccc(F)c1. The lowest BCUT2D eigenvalue weighted by atomic mass is 9.92. The maximum Gasteiger partial charge on any atom is 0.316 e. The van der Waals surface area contributed by atoms with Crippen LogP contribution in [-0.2, 0) is 0 Å². The smallest absolute Gasteiger partial charge is 0.316 e. The van der Waals surface area contributed by atoms with Gasteiger partial charge < -0.3 is 10.1 Å². The highest BCUT2D eigenvalue weighted by Crippen LogP contribution is 2.22. The molecule has 0 aliphatic heterocycles. The van der Waals surface area contributed by atoms with E-state index in [4.69, 9.17) is 16.3 Å². The van der Waals surface area contributed by atoms with Crippen LogP contribution in [0.1, 0.15) is 36.0 Å². The van der Waals surface area contributed by atoms with Crippen molar-refractivity contribution in [2.24, 2.45) is 0 Å². The third kappa shape index (κ3) is 4.41. The van der Waals surface area contributed by atoms with Crippen molar-refractivity contribution in [1.29, 1.82) is 0 Å². The molecule has 0 spiro atoms. The average Bonchev–Trinajstić information content (AvgIpc) is 2.59. The van der Waals surface area contributed by atoms with E-state index in [1.54, 1.807) is 6.07 Å². The van der Waals surface area contributed by atoms with Gasteiger partial charge in [0.1, 0.15) is 11.9 Å². The zero-order chi connectivity index (χ0) is 16.9. The van der Waals surface area contributed by atoms with E-state index in [0.717, 1.165) is 25.7 Å². The molecule has 1 aromatic heterocycles. The highest BCUT2D eigenvalue weighted by Gasteiger charge is 2.24. The molecule has 0 saturated heterocycles. The van der Waals surface area contributed by atoms with E-state index >= 15 is 0 Å². The third-order valence-electron chi connectivity index (χ3n) is 3.96. The zero-order valence-corrected chi connectivity index (χ0v) is 13.7. The minimum Gasteiger partial charge on any atom is -0.460 e. The number of aromatic nitrogens is 2. The van der Waals surface area contributed by atoms with Crippen molar-refractivity contribution in [3.63, 3.8) is 0 Å². The minimum absolute atomic E-state index is 0.0218. The topological polar surface area (TPSA) is 64.1 Å². The first-order valence-corrected chi connectivity index (χ1v) is 8.18. The Kier molecular flexibility index (Phi) is 5.25. The number of carbonyl (C=O) groups is 1. The molecule has 0 atom stereocenters. The van der Waals surface area contributed by atoms with Gasteiger partial charge in [-0.05, 0) is 43.9 Å². The Balaban J connectivity index is 1.48. The number of halogens is 2. The molecule has 1 saturated carbocycles. The summed E-state index contributed by atoms with van der Waals surface area (Å²) >= 11 is 5.74. The molecule has 126 valence electrons. The molecule has 1 N–H and O–H groups in total.